The summed E-state index contributed by atoms with van der Waals surface area (Å²) in [6, 6.07) is 3.90. The van der Waals surface area contributed by atoms with Crippen LogP contribution < -0.4 is 14.8 Å². The molecule has 154 valence electrons. The SMILES string of the molecule is COc1ccc(OC)c(S(=O)(=O)N2CCC3(CC2)NC(=O)N(C(C)C)C3=O)c1. The average molecular weight is 411 g/mol. The Balaban J connectivity index is 1.84. The van der Waals surface area contributed by atoms with E-state index in [1.54, 1.807) is 26.0 Å². The number of carbonyl (C=O) groups excluding carboxylic acids is 2. The second-order valence-electron chi connectivity index (χ2n) is 7.20. The number of carbonyl (C=O) groups is 2. The van der Waals surface area contributed by atoms with Crippen LogP contribution in [-0.4, -0.2) is 68.5 Å². The molecule has 2 saturated heterocycles. The predicted molar refractivity (Wildman–Crippen MR) is 101 cm³/mol. The monoisotopic (exact) mass is 411 g/mol. The summed E-state index contributed by atoms with van der Waals surface area (Å²) in [5.74, 6) is 0.333. The Morgan fingerprint density at radius 1 is 1.11 bits per heavy atom. The third kappa shape index (κ3) is 3.20. The Morgan fingerprint density at radius 2 is 1.75 bits per heavy atom. The summed E-state index contributed by atoms with van der Waals surface area (Å²) in [4.78, 5) is 26.2. The lowest BCUT2D eigenvalue weighted by Gasteiger charge is -2.36. The van der Waals surface area contributed by atoms with Crippen molar-refractivity contribution >= 4 is 22.0 Å². The van der Waals surface area contributed by atoms with Gasteiger partial charge in [0.1, 0.15) is 21.9 Å². The number of ether oxygens (including phenoxy) is 2. The molecule has 0 radical (unpaired) electrons. The van der Waals surface area contributed by atoms with Crippen molar-refractivity contribution in [2.45, 2.75) is 43.2 Å². The largest absolute Gasteiger partial charge is 0.497 e. The fourth-order valence-corrected chi connectivity index (χ4v) is 5.29. The first kappa shape index (κ1) is 20.4. The number of methoxy groups -OCH3 is 2. The number of hydrogen-bond donors (Lipinski definition) is 1. The van der Waals surface area contributed by atoms with Crippen LogP contribution in [0.3, 0.4) is 0 Å². The van der Waals surface area contributed by atoms with Gasteiger partial charge in [-0.15, -0.1) is 0 Å². The van der Waals surface area contributed by atoms with E-state index in [1.807, 2.05) is 0 Å². The summed E-state index contributed by atoms with van der Waals surface area (Å²) < 4.78 is 38.0. The number of benzene rings is 1. The highest BCUT2D eigenvalue weighted by Crippen LogP contribution is 2.35. The maximum atomic E-state index is 13.2. The van der Waals surface area contributed by atoms with E-state index < -0.39 is 21.6 Å². The molecule has 0 aromatic heterocycles. The first-order valence-corrected chi connectivity index (χ1v) is 10.5. The third-order valence-electron chi connectivity index (χ3n) is 5.27. The van der Waals surface area contributed by atoms with Gasteiger partial charge in [-0.1, -0.05) is 0 Å². The van der Waals surface area contributed by atoms with Crippen molar-refractivity contribution in [3.63, 3.8) is 0 Å². The van der Waals surface area contributed by atoms with Crippen LogP contribution in [0.2, 0.25) is 0 Å². The average Bonchev–Trinajstić information content (AvgIpc) is 2.91. The Kier molecular flexibility index (Phi) is 5.28. The summed E-state index contributed by atoms with van der Waals surface area (Å²) in [6.45, 7) is 3.76. The number of piperidine rings is 1. The topological polar surface area (TPSA) is 105 Å². The molecule has 10 heteroatoms. The van der Waals surface area contributed by atoms with Crippen LogP contribution in [0.4, 0.5) is 4.79 Å². The second kappa shape index (κ2) is 7.25. The van der Waals surface area contributed by atoms with E-state index in [1.165, 1.54) is 29.5 Å². The molecule has 3 amide bonds. The Bertz CT molecular complexity index is 891. The van der Waals surface area contributed by atoms with Crippen molar-refractivity contribution in [1.29, 1.82) is 0 Å². The molecule has 2 heterocycles. The van der Waals surface area contributed by atoms with Gasteiger partial charge >= 0.3 is 6.03 Å². The van der Waals surface area contributed by atoms with Gasteiger partial charge in [0.25, 0.3) is 5.91 Å². The molecule has 2 aliphatic rings. The molecule has 1 aromatic carbocycles. The maximum Gasteiger partial charge on any atom is 0.325 e. The minimum absolute atomic E-state index is 0.0101. The molecule has 0 atom stereocenters. The minimum atomic E-state index is -3.85. The summed E-state index contributed by atoms with van der Waals surface area (Å²) >= 11 is 0. The van der Waals surface area contributed by atoms with Crippen LogP contribution in [-0.2, 0) is 14.8 Å². The molecule has 0 aliphatic carbocycles. The molecule has 9 nitrogen and oxygen atoms in total. The van der Waals surface area contributed by atoms with Crippen molar-refractivity contribution < 1.29 is 27.5 Å². The zero-order valence-electron chi connectivity index (χ0n) is 16.4. The fourth-order valence-electron chi connectivity index (χ4n) is 3.68. The van der Waals surface area contributed by atoms with Gasteiger partial charge in [-0.3, -0.25) is 9.69 Å². The molecule has 1 aromatic rings. The lowest BCUT2D eigenvalue weighted by Crippen LogP contribution is -2.56. The number of nitrogens with one attached hydrogen (secondary N) is 1. The first-order chi connectivity index (χ1) is 13.2. The Labute approximate surface area is 164 Å². The van der Waals surface area contributed by atoms with Crippen LogP contribution in [0.15, 0.2) is 23.1 Å². The van der Waals surface area contributed by atoms with Gasteiger partial charge in [-0.25, -0.2) is 13.2 Å². The minimum Gasteiger partial charge on any atom is -0.497 e. The van der Waals surface area contributed by atoms with Gasteiger partial charge in [0.2, 0.25) is 10.0 Å². The molecule has 1 spiro atoms. The van der Waals surface area contributed by atoms with Gasteiger partial charge in [0.15, 0.2) is 0 Å². The van der Waals surface area contributed by atoms with Crippen molar-refractivity contribution in [1.82, 2.24) is 14.5 Å². The van der Waals surface area contributed by atoms with Crippen molar-refractivity contribution in [3.05, 3.63) is 18.2 Å². The van der Waals surface area contributed by atoms with Gasteiger partial charge in [-0.2, -0.15) is 4.31 Å². The number of amides is 3. The lowest BCUT2D eigenvalue weighted by atomic mass is 9.88. The number of nitrogens with zero attached hydrogens (tertiary/aromatic N) is 2. The van der Waals surface area contributed by atoms with E-state index in [-0.39, 0.29) is 48.5 Å². The summed E-state index contributed by atoms with van der Waals surface area (Å²) in [5.41, 5.74) is -1.04. The fraction of sp³-hybridized carbons (Fsp3) is 0.556. The summed E-state index contributed by atoms with van der Waals surface area (Å²) in [6.07, 6.45) is 0.429. The smallest absolute Gasteiger partial charge is 0.325 e. The Hall–Kier alpha value is -2.33. The third-order valence-corrected chi connectivity index (χ3v) is 7.19. The second-order valence-corrected chi connectivity index (χ2v) is 9.11. The highest BCUT2D eigenvalue weighted by molar-refractivity contribution is 7.89. The molecular weight excluding hydrogens is 386 g/mol. The molecule has 1 N–H and O–H groups in total. The number of urea groups is 1. The summed E-state index contributed by atoms with van der Waals surface area (Å²) in [5, 5.41) is 2.77. The highest BCUT2D eigenvalue weighted by Gasteiger charge is 2.54. The molecule has 0 unspecified atom stereocenters. The highest BCUT2D eigenvalue weighted by atomic mass is 32.2. The zero-order valence-corrected chi connectivity index (χ0v) is 17.2. The summed E-state index contributed by atoms with van der Waals surface area (Å²) in [7, 11) is -0.996. The number of sulfonamides is 1. The van der Waals surface area contributed by atoms with Gasteiger partial charge in [0.05, 0.1) is 14.2 Å². The van der Waals surface area contributed by atoms with Gasteiger partial charge < -0.3 is 14.8 Å². The zero-order chi connectivity index (χ0) is 20.7. The first-order valence-electron chi connectivity index (χ1n) is 9.04. The predicted octanol–water partition coefficient (Wildman–Crippen LogP) is 1.19. The normalized spacial score (nSPS) is 20.0. The van der Waals surface area contributed by atoms with Crippen molar-refractivity contribution in [2.75, 3.05) is 27.3 Å². The molecule has 3 rings (SSSR count). The number of imide groups is 1. The van der Waals surface area contributed by atoms with Gasteiger partial charge in [0, 0.05) is 25.2 Å². The molecule has 0 saturated carbocycles. The van der Waals surface area contributed by atoms with Crippen LogP contribution in [0.25, 0.3) is 0 Å². The van der Waals surface area contributed by atoms with Crippen LogP contribution in [0.1, 0.15) is 26.7 Å². The standard InChI is InChI=1S/C18H25N3O6S/c1-12(2)21-16(22)18(19-17(21)23)7-9-20(10-8-18)28(24,25)15-11-13(26-3)5-6-14(15)27-4/h5-6,11-12H,7-10H2,1-4H3,(H,19,23). The van der Waals surface area contributed by atoms with Crippen LogP contribution in [0.5, 0.6) is 11.5 Å². The van der Waals surface area contributed by atoms with E-state index in [4.69, 9.17) is 9.47 Å². The molecule has 2 aliphatic heterocycles. The lowest BCUT2D eigenvalue weighted by molar-refractivity contribution is -0.133. The molecular formula is C18H25N3O6S. The number of hydrogen-bond acceptors (Lipinski definition) is 6. The Morgan fingerprint density at radius 3 is 2.25 bits per heavy atom. The molecule has 28 heavy (non-hydrogen) atoms. The maximum absolute atomic E-state index is 13.2. The van der Waals surface area contributed by atoms with Gasteiger partial charge in [-0.05, 0) is 38.8 Å². The van der Waals surface area contributed by atoms with E-state index in [9.17, 15) is 18.0 Å². The molecule has 2 fully saturated rings. The van der Waals surface area contributed by atoms with E-state index in [0.29, 0.717) is 5.75 Å². The van der Waals surface area contributed by atoms with Crippen LogP contribution >= 0.6 is 0 Å². The molecule has 0 bridgehead atoms. The van der Waals surface area contributed by atoms with E-state index in [2.05, 4.69) is 5.32 Å². The van der Waals surface area contributed by atoms with Crippen molar-refractivity contribution in [2.24, 2.45) is 0 Å². The van der Waals surface area contributed by atoms with Crippen LogP contribution in [0, 0.1) is 0 Å². The quantitative estimate of drug-likeness (QED) is 0.730. The van der Waals surface area contributed by atoms with E-state index in [0.717, 1.165) is 0 Å². The number of rotatable bonds is 5. The van der Waals surface area contributed by atoms with Crippen molar-refractivity contribution in [3.8, 4) is 11.5 Å². The van der Waals surface area contributed by atoms with E-state index >= 15 is 0 Å².